The fourth-order valence-electron chi connectivity index (χ4n) is 3.95. The van der Waals surface area contributed by atoms with E-state index in [4.69, 9.17) is 55.9 Å². The Labute approximate surface area is 226 Å². The van der Waals surface area contributed by atoms with E-state index in [1.54, 1.807) is 24.3 Å². The molecule has 0 aliphatic carbocycles. The SMILES string of the molecule is COC(=O)[C@H](Cc1ccc(-c2c(Cl)cc(F)cc2Cl)c2c1C=CCO2)NC(=O)c1c(Cl)cccc1Cl. The minimum Gasteiger partial charge on any atom is -0.488 e. The smallest absolute Gasteiger partial charge is 0.328 e. The molecule has 1 atom stereocenters. The quantitative estimate of drug-likeness (QED) is 0.324. The van der Waals surface area contributed by atoms with Gasteiger partial charge in [-0.2, -0.15) is 0 Å². The number of carbonyl (C=O) groups excluding carboxylic acids is 2. The summed E-state index contributed by atoms with van der Waals surface area (Å²) in [6, 6.07) is 9.43. The zero-order chi connectivity index (χ0) is 26.0. The summed E-state index contributed by atoms with van der Waals surface area (Å²) in [5.74, 6) is -1.37. The molecular formula is C26H18Cl4FNO4. The van der Waals surface area contributed by atoms with Crippen molar-refractivity contribution in [2.24, 2.45) is 0 Å². The van der Waals surface area contributed by atoms with Crippen LogP contribution in [0.25, 0.3) is 17.2 Å². The van der Waals surface area contributed by atoms with E-state index in [1.165, 1.54) is 31.4 Å². The topological polar surface area (TPSA) is 64.6 Å². The van der Waals surface area contributed by atoms with Gasteiger partial charge in [0.15, 0.2) is 0 Å². The second-order valence-corrected chi connectivity index (χ2v) is 9.45. The molecule has 10 heteroatoms. The van der Waals surface area contributed by atoms with Crippen molar-refractivity contribution in [3.05, 3.63) is 91.1 Å². The molecule has 0 aromatic heterocycles. The highest BCUT2D eigenvalue weighted by molar-refractivity contribution is 6.40. The van der Waals surface area contributed by atoms with Gasteiger partial charge < -0.3 is 14.8 Å². The van der Waals surface area contributed by atoms with E-state index < -0.39 is 23.7 Å². The van der Waals surface area contributed by atoms with Crippen molar-refractivity contribution in [1.82, 2.24) is 5.32 Å². The van der Waals surface area contributed by atoms with Crippen LogP contribution < -0.4 is 10.1 Å². The first kappa shape index (κ1) is 26.3. The van der Waals surface area contributed by atoms with Crippen LogP contribution in [0.15, 0.2) is 48.5 Å². The third-order valence-electron chi connectivity index (χ3n) is 5.58. The van der Waals surface area contributed by atoms with Gasteiger partial charge in [-0.25, -0.2) is 9.18 Å². The third kappa shape index (κ3) is 5.32. The first-order chi connectivity index (χ1) is 17.2. The number of amides is 1. The Hall–Kier alpha value is -2.77. The van der Waals surface area contributed by atoms with Gasteiger partial charge in [0.25, 0.3) is 5.91 Å². The summed E-state index contributed by atoms with van der Waals surface area (Å²) in [5, 5.41) is 3.21. The summed E-state index contributed by atoms with van der Waals surface area (Å²) in [6.07, 6.45) is 3.71. The summed E-state index contributed by atoms with van der Waals surface area (Å²) in [5.41, 5.74) is 2.38. The highest BCUT2D eigenvalue weighted by Crippen LogP contribution is 2.44. The number of carbonyl (C=O) groups is 2. The minimum absolute atomic E-state index is 0.0518. The predicted octanol–water partition coefficient (Wildman–Crippen LogP) is 7.03. The first-order valence-corrected chi connectivity index (χ1v) is 12.1. The zero-order valence-electron chi connectivity index (χ0n) is 18.7. The number of halogens is 5. The Balaban J connectivity index is 1.72. The van der Waals surface area contributed by atoms with Crippen LogP contribution in [0.3, 0.4) is 0 Å². The summed E-state index contributed by atoms with van der Waals surface area (Å²) in [4.78, 5) is 25.6. The van der Waals surface area contributed by atoms with Gasteiger partial charge in [0.05, 0.1) is 32.8 Å². The number of methoxy groups -OCH3 is 1. The van der Waals surface area contributed by atoms with Crippen molar-refractivity contribution in [3.63, 3.8) is 0 Å². The molecular weight excluding hydrogens is 551 g/mol. The van der Waals surface area contributed by atoms with E-state index in [-0.39, 0.29) is 32.1 Å². The Morgan fingerprint density at radius 1 is 1.06 bits per heavy atom. The molecule has 1 aliphatic rings. The Morgan fingerprint density at radius 2 is 1.72 bits per heavy atom. The maximum atomic E-state index is 13.8. The normalized spacial score (nSPS) is 12.9. The zero-order valence-corrected chi connectivity index (χ0v) is 21.7. The number of benzene rings is 3. The molecule has 0 saturated heterocycles. The van der Waals surface area contributed by atoms with Gasteiger partial charge in [0.1, 0.15) is 24.2 Å². The standard InChI is InChI=1S/C26H18Cl4FNO4/c1-35-26(34)21(32-25(33)23-17(27)5-2-6-18(23)28)10-13-7-8-16(24-15(13)4-3-9-36-24)22-19(29)11-14(31)12-20(22)30/h2-8,11-12,21H,9-10H2,1H3,(H,32,33)/t21-/m0/s1. The molecule has 5 nitrogen and oxygen atoms in total. The number of fused-ring (bicyclic) bond motifs is 1. The number of hydrogen-bond acceptors (Lipinski definition) is 4. The number of rotatable bonds is 6. The highest BCUT2D eigenvalue weighted by atomic mass is 35.5. The molecule has 36 heavy (non-hydrogen) atoms. The van der Waals surface area contributed by atoms with Crippen molar-refractivity contribution in [3.8, 4) is 16.9 Å². The lowest BCUT2D eigenvalue weighted by Crippen LogP contribution is -2.43. The second-order valence-electron chi connectivity index (χ2n) is 7.82. The summed E-state index contributed by atoms with van der Waals surface area (Å²) < 4.78 is 24.6. The van der Waals surface area contributed by atoms with Crippen LogP contribution in [0.5, 0.6) is 5.75 Å². The molecule has 1 amide bonds. The fraction of sp³-hybridized carbons (Fsp3) is 0.154. The van der Waals surface area contributed by atoms with E-state index in [0.29, 0.717) is 34.6 Å². The van der Waals surface area contributed by atoms with Crippen LogP contribution in [-0.2, 0) is 16.0 Å². The molecule has 0 unspecified atom stereocenters. The van der Waals surface area contributed by atoms with E-state index in [0.717, 1.165) is 0 Å². The van der Waals surface area contributed by atoms with Crippen LogP contribution in [0.1, 0.15) is 21.5 Å². The van der Waals surface area contributed by atoms with Gasteiger partial charge in [-0.1, -0.05) is 70.7 Å². The second kappa shape index (κ2) is 11.1. The molecule has 4 rings (SSSR count). The van der Waals surface area contributed by atoms with Gasteiger partial charge in [0, 0.05) is 23.1 Å². The Kier molecular flexibility index (Phi) is 8.10. The van der Waals surface area contributed by atoms with Crippen molar-refractivity contribution in [2.45, 2.75) is 12.5 Å². The summed E-state index contributed by atoms with van der Waals surface area (Å²) in [6.45, 7) is 0.294. The molecule has 0 saturated carbocycles. The number of esters is 1. The van der Waals surface area contributed by atoms with Gasteiger partial charge in [-0.15, -0.1) is 0 Å². The monoisotopic (exact) mass is 567 g/mol. The van der Waals surface area contributed by atoms with Crippen LogP contribution in [0, 0.1) is 5.82 Å². The van der Waals surface area contributed by atoms with Crippen LogP contribution in [-0.4, -0.2) is 31.6 Å². The lowest BCUT2D eigenvalue weighted by molar-refractivity contribution is -0.142. The third-order valence-corrected chi connectivity index (χ3v) is 6.80. The average molecular weight is 569 g/mol. The lowest BCUT2D eigenvalue weighted by atomic mass is 9.92. The van der Waals surface area contributed by atoms with Crippen molar-refractivity contribution in [1.29, 1.82) is 0 Å². The van der Waals surface area contributed by atoms with Crippen LogP contribution in [0.4, 0.5) is 4.39 Å². The van der Waals surface area contributed by atoms with Crippen molar-refractivity contribution >= 4 is 64.4 Å². The lowest BCUT2D eigenvalue weighted by Gasteiger charge is -2.23. The molecule has 1 N–H and O–H groups in total. The van der Waals surface area contributed by atoms with Crippen molar-refractivity contribution in [2.75, 3.05) is 13.7 Å². The Morgan fingerprint density at radius 3 is 2.36 bits per heavy atom. The molecule has 1 aliphatic heterocycles. The largest absolute Gasteiger partial charge is 0.488 e. The molecule has 3 aromatic rings. The maximum absolute atomic E-state index is 13.8. The number of ether oxygens (including phenoxy) is 2. The van der Waals surface area contributed by atoms with Gasteiger partial charge in [0.2, 0.25) is 0 Å². The number of hydrogen-bond donors (Lipinski definition) is 1. The van der Waals surface area contributed by atoms with E-state index >= 15 is 0 Å². The summed E-state index contributed by atoms with van der Waals surface area (Å²) >= 11 is 24.9. The molecule has 3 aromatic carbocycles. The van der Waals surface area contributed by atoms with Crippen molar-refractivity contribution < 1.29 is 23.5 Å². The van der Waals surface area contributed by atoms with E-state index in [1.807, 2.05) is 6.08 Å². The predicted molar refractivity (Wildman–Crippen MR) is 140 cm³/mol. The van der Waals surface area contributed by atoms with E-state index in [9.17, 15) is 14.0 Å². The Bertz CT molecular complexity index is 1350. The fourth-order valence-corrected chi connectivity index (χ4v) is 5.18. The molecule has 186 valence electrons. The van der Waals surface area contributed by atoms with Gasteiger partial charge in [-0.05, 0) is 35.9 Å². The van der Waals surface area contributed by atoms with Crippen LogP contribution >= 0.6 is 46.4 Å². The molecule has 0 fully saturated rings. The maximum Gasteiger partial charge on any atom is 0.328 e. The molecule has 0 bridgehead atoms. The first-order valence-electron chi connectivity index (χ1n) is 10.6. The van der Waals surface area contributed by atoms with E-state index in [2.05, 4.69) is 5.32 Å². The molecule has 0 radical (unpaired) electrons. The van der Waals surface area contributed by atoms with Gasteiger partial charge >= 0.3 is 5.97 Å². The molecule has 1 heterocycles. The highest BCUT2D eigenvalue weighted by Gasteiger charge is 2.28. The summed E-state index contributed by atoms with van der Waals surface area (Å²) in [7, 11) is 1.23. The number of nitrogens with one attached hydrogen (secondary N) is 1. The average Bonchev–Trinajstić information content (AvgIpc) is 2.83. The molecule has 0 spiro atoms. The minimum atomic E-state index is -1.06. The van der Waals surface area contributed by atoms with Crippen LogP contribution in [0.2, 0.25) is 20.1 Å². The van der Waals surface area contributed by atoms with Gasteiger partial charge in [-0.3, -0.25) is 4.79 Å².